The lowest BCUT2D eigenvalue weighted by Crippen LogP contribution is -2.22. The zero-order chi connectivity index (χ0) is 9.56. The quantitative estimate of drug-likeness (QED) is 0.556. The summed E-state index contributed by atoms with van der Waals surface area (Å²) in [5.74, 6) is 0. The lowest BCUT2D eigenvalue weighted by Gasteiger charge is -2.24. The Labute approximate surface area is 76.9 Å². The fourth-order valence-corrected chi connectivity index (χ4v) is 1.23. The maximum Gasteiger partial charge on any atom is 0.0550 e. The molecule has 2 unspecified atom stereocenters. The Bertz CT molecular complexity index is 93.3. The van der Waals surface area contributed by atoms with Crippen LogP contribution in [0.4, 0.5) is 0 Å². The number of hydrogen-bond acceptors (Lipinski definition) is 2. The van der Waals surface area contributed by atoms with Gasteiger partial charge in [0.05, 0.1) is 12.2 Å². The first-order valence-electron chi connectivity index (χ1n) is 4.78. The average Bonchev–Trinajstić information content (AvgIpc) is 1.84. The summed E-state index contributed by atoms with van der Waals surface area (Å²) in [6.07, 6.45) is 4.88. The first kappa shape index (κ1) is 11.9. The monoisotopic (exact) mass is 173 g/mol. The van der Waals surface area contributed by atoms with Gasteiger partial charge in [-0.2, -0.15) is 0 Å². The summed E-state index contributed by atoms with van der Waals surface area (Å²) < 4.78 is 5.49. The van der Waals surface area contributed by atoms with Crippen LogP contribution in [0.2, 0.25) is 0 Å². The molecule has 2 atom stereocenters. The van der Waals surface area contributed by atoms with Gasteiger partial charge >= 0.3 is 0 Å². The SMILES string of the molecule is CC1CCCC(C)O1.CN(C)C. The highest BCUT2D eigenvalue weighted by Gasteiger charge is 2.13. The third-order valence-corrected chi connectivity index (χ3v) is 1.69. The predicted molar refractivity (Wildman–Crippen MR) is 53.5 cm³/mol. The predicted octanol–water partition coefficient (Wildman–Crippen LogP) is 2.14. The van der Waals surface area contributed by atoms with Crippen LogP contribution in [0.1, 0.15) is 33.1 Å². The number of nitrogens with zero attached hydrogens (tertiary/aromatic N) is 1. The maximum atomic E-state index is 5.49. The van der Waals surface area contributed by atoms with Crippen molar-refractivity contribution >= 4 is 0 Å². The fraction of sp³-hybridized carbons (Fsp3) is 1.00. The molecule has 2 nitrogen and oxygen atoms in total. The molecule has 1 saturated heterocycles. The molecule has 1 aliphatic rings. The number of ether oxygens (including phenoxy) is 1. The van der Waals surface area contributed by atoms with Gasteiger partial charge in [0.1, 0.15) is 0 Å². The third kappa shape index (κ3) is 8.02. The molecule has 1 fully saturated rings. The van der Waals surface area contributed by atoms with E-state index >= 15 is 0 Å². The summed E-state index contributed by atoms with van der Waals surface area (Å²) in [5.41, 5.74) is 0. The zero-order valence-electron chi connectivity index (χ0n) is 9.13. The van der Waals surface area contributed by atoms with E-state index in [2.05, 4.69) is 13.8 Å². The summed E-state index contributed by atoms with van der Waals surface area (Å²) in [5, 5.41) is 0. The molecule has 74 valence electrons. The van der Waals surface area contributed by atoms with Gasteiger partial charge in [-0.15, -0.1) is 0 Å². The zero-order valence-corrected chi connectivity index (χ0v) is 9.13. The van der Waals surface area contributed by atoms with Crippen molar-refractivity contribution in [2.75, 3.05) is 21.1 Å². The molecule has 2 heteroatoms. The Kier molecular flexibility index (Phi) is 6.39. The van der Waals surface area contributed by atoms with Crippen LogP contribution in [0.15, 0.2) is 0 Å². The van der Waals surface area contributed by atoms with Crippen LogP contribution in [0.5, 0.6) is 0 Å². The molecule has 0 bridgehead atoms. The van der Waals surface area contributed by atoms with Crippen LogP contribution >= 0.6 is 0 Å². The lowest BCUT2D eigenvalue weighted by atomic mass is 10.1. The van der Waals surface area contributed by atoms with E-state index in [0.717, 1.165) is 0 Å². The van der Waals surface area contributed by atoms with Crippen LogP contribution in [0, 0.1) is 0 Å². The van der Waals surface area contributed by atoms with Gasteiger partial charge in [-0.05, 0) is 54.3 Å². The standard InChI is InChI=1S/C7H14O.C3H9N/c1-6-4-3-5-7(2)8-6;1-4(2)3/h6-7H,3-5H2,1-2H3;1-3H3. The van der Waals surface area contributed by atoms with Gasteiger partial charge in [-0.3, -0.25) is 0 Å². The summed E-state index contributed by atoms with van der Waals surface area (Å²) >= 11 is 0. The Morgan fingerprint density at radius 2 is 1.33 bits per heavy atom. The molecule has 1 rings (SSSR count). The molecule has 0 amide bonds. The molecule has 0 radical (unpaired) electrons. The van der Waals surface area contributed by atoms with Crippen LogP contribution in [0.3, 0.4) is 0 Å². The second-order valence-corrected chi connectivity index (χ2v) is 4.03. The van der Waals surface area contributed by atoms with Crippen LogP contribution in [0.25, 0.3) is 0 Å². The van der Waals surface area contributed by atoms with E-state index in [-0.39, 0.29) is 0 Å². The average molecular weight is 173 g/mol. The topological polar surface area (TPSA) is 12.5 Å². The molecule has 0 spiro atoms. The van der Waals surface area contributed by atoms with Gasteiger partial charge in [0.15, 0.2) is 0 Å². The van der Waals surface area contributed by atoms with Crippen LogP contribution in [-0.4, -0.2) is 38.3 Å². The Morgan fingerprint density at radius 1 is 1.00 bits per heavy atom. The first-order chi connectivity index (χ1) is 5.52. The molecular weight excluding hydrogens is 150 g/mol. The van der Waals surface area contributed by atoms with Crippen molar-refractivity contribution in [2.45, 2.75) is 45.3 Å². The Morgan fingerprint density at radius 3 is 1.50 bits per heavy atom. The van der Waals surface area contributed by atoms with E-state index in [9.17, 15) is 0 Å². The smallest absolute Gasteiger partial charge is 0.0550 e. The van der Waals surface area contributed by atoms with E-state index in [1.165, 1.54) is 19.3 Å². The molecule has 12 heavy (non-hydrogen) atoms. The number of rotatable bonds is 0. The minimum absolute atomic E-state index is 0.513. The Hall–Kier alpha value is -0.0800. The minimum atomic E-state index is 0.513. The highest BCUT2D eigenvalue weighted by molar-refractivity contribution is 4.63. The highest BCUT2D eigenvalue weighted by Crippen LogP contribution is 2.17. The van der Waals surface area contributed by atoms with E-state index in [1.54, 1.807) is 0 Å². The summed E-state index contributed by atoms with van der Waals surface area (Å²) in [6.45, 7) is 4.30. The fourth-order valence-electron chi connectivity index (χ4n) is 1.23. The lowest BCUT2D eigenvalue weighted by molar-refractivity contribution is -0.0292. The van der Waals surface area contributed by atoms with Crippen molar-refractivity contribution in [3.8, 4) is 0 Å². The molecule has 0 saturated carbocycles. The normalized spacial score (nSPS) is 29.5. The van der Waals surface area contributed by atoms with Crippen molar-refractivity contribution in [3.05, 3.63) is 0 Å². The van der Waals surface area contributed by atoms with E-state index in [1.807, 2.05) is 26.0 Å². The molecule has 0 aromatic rings. The molecule has 0 aliphatic carbocycles. The first-order valence-corrected chi connectivity index (χ1v) is 4.78. The van der Waals surface area contributed by atoms with Crippen LogP contribution in [-0.2, 0) is 4.74 Å². The molecule has 0 aromatic carbocycles. The second-order valence-electron chi connectivity index (χ2n) is 4.03. The van der Waals surface area contributed by atoms with Gasteiger partial charge in [0.2, 0.25) is 0 Å². The minimum Gasteiger partial charge on any atom is -0.376 e. The van der Waals surface area contributed by atoms with E-state index in [4.69, 9.17) is 4.74 Å². The molecule has 0 aromatic heterocycles. The van der Waals surface area contributed by atoms with Gasteiger partial charge in [0, 0.05) is 0 Å². The van der Waals surface area contributed by atoms with Crippen LogP contribution < -0.4 is 0 Å². The van der Waals surface area contributed by atoms with Gasteiger partial charge in [0.25, 0.3) is 0 Å². The number of hydrogen-bond donors (Lipinski definition) is 0. The van der Waals surface area contributed by atoms with E-state index < -0.39 is 0 Å². The van der Waals surface area contributed by atoms with Crippen molar-refractivity contribution < 1.29 is 4.74 Å². The Balaban J connectivity index is 0.000000261. The largest absolute Gasteiger partial charge is 0.376 e. The molecule has 0 N–H and O–H groups in total. The second kappa shape index (κ2) is 6.44. The molecular formula is C10H23NO. The van der Waals surface area contributed by atoms with Gasteiger partial charge < -0.3 is 9.64 Å². The van der Waals surface area contributed by atoms with Gasteiger partial charge in [-0.1, -0.05) is 0 Å². The van der Waals surface area contributed by atoms with Crippen molar-refractivity contribution in [2.24, 2.45) is 0 Å². The van der Waals surface area contributed by atoms with Gasteiger partial charge in [-0.25, -0.2) is 0 Å². The molecule has 1 heterocycles. The van der Waals surface area contributed by atoms with Crippen molar-refractivity contribution in [3.63, 3.8) is 0 Å². The molecule has 1 aliphatic heterocycles. The summed E-state index contributed by atoms with van der Waals surface area (Å²) in [7, 11) is 6.00. The maximum absolute atomic E-state index is 5.49. The summed E-state index contributed by atoms with van der Waals surface area (Å²) in [6, 6.07) is 0. The van der Waals surface area contributed by atoms with E-state index in [0.29, 0.717) is 12.2 Å². The summed E-state index contributed by atoms with van der Waals surface area (Å²) in [4.78, 5) is 2.00. The highest BCUT2D eigenvalue weighted by atomic mass is 16.5. The third-order valence-electron chi connectivity index (χ3n) is 1.69. The van der Waals surface area contributed by atoms with Crippen molar-refractivity contribution in [1.82, 2.24) is 4.90 Å². The van der Waals surface area contributed by atoms with Crippen molar-refractivity contribution in [1.29, 1.82) is 0 Å².